The number of carbonyl (C=O) groups is 2. The number of aliphatic carboxylic acids is 1. The van der Waals surface area contributed by atoms with Gasteiger partial charge >= 0.3 is 11.9 Å². The molecule has 0 aromatic heterocycles. The van der Waals surface area contributed by atoms with Crippen molar-refractivity contribution in [3.63, 3.8) is 0 Å². The Morgan fingerprint density at radius 2 is 1.89 bits per heavy atom. The van der Waals surface area contributed by atoms with Crippen molar-refractivity contribution >= 4 is 22.1 Å². The molecule has 1 heterocycles. The number of hydrogen-bond acceptors (Lipinski definition) is 5. The number of benzene rings is 1. The number of esters is 1. The fourth-order valence-electron chi connectivity index (χ4n) is 3.18. The third kappa shape index (κ3) is 6.60. The van der Waals surface area contributed by atoms with Gasteiger partial charge in [-0.15, -0.1) is 0 Å². The second kappa shape index (κ2) is 9.82. The molecule has 27 heavy (non-hydrogen) atoms. The Balaban J connectivity index is 2.01. The van der Waals surface area contributed by atoms with Gasteiger partial charge in [-0.2, -0.15) is 17.4 Å². The van der Waals surface area contributed by atoms with Gasteiger partial charge in [0.05, 0.1) is 13.0 Å². The van der Waals surface area contributed by atoms with Crippen LogP contribution in [0, 0.1) is 5.92 Å². The van der Waals surface area contributed by atoms with E-state index in [4.69, 9.17) is 9.84 Å². The van der Waals surface area contributed by atoms with E-state index in [0.29, 0.717) is 19.3 Å². The van der Waals surface area contributed by atoms with Gasteiger partial charge in [0.1, 0.15) is 0 Å². The van der Waals surface area contributed by atoms with Crippen molar-refractivity contribution in [1.29, 1.82) is 0 Å². The van der Waals surface area contributed by atoms with Crippen LogP contribution in [0.25, 0.3) is 0 Å². The largest absolute Gasteiger partial charge is 0.481 e. The molecule has 1 saturated heterocycles. The smallest absolute Gasteiger partial charge is 0.308 e. The van der Waals surface area contributed by atoms with Gasteiger partial charge in [-0.05, 0) is 31.2 Å². The second-order valence-corrected chi connectivity index (χ2v) is 8.34. The van der Waals surface area contributed by atoms with Crippen molar-refractivity contribution in [3.8, 4) is 0 Å². The molecule has 0 amide bonds. The quantitative estimate of drug-likeness (QED) is 0.604. The van der Waals surface area contributed by atoms with Gasteiger partial charge in [-0.25, -0.2) is 0 Å². The third-order valence-electron chi connectivity index (χ3n) is 4.68. The summed E-state index contributed by atoms with van der Waals surface area (Å²) in [5.41, 5.74) is 0.931. The molecule has 0 radical (unpaired) electrons. The first kappa shape index (κ1) is 21.3. The molecule has 0 aliphatic carbocycles. The minimum absolute atomic E-state index is 0.121. The Morgan fingerprint density at radius 1 is 1.26 bits per heavy atom. The molecule has 2 rings (SSSR count). The zero-order chi connectivity index (χ0) is 19.9. The van der Waals surface area contributed by atoms with E-state index in [1.165, 1.54) is 11.4 Å². The molecule has 1 aliphatic rings. The molecular weight excluding hydrogens is 372 g/mol. The lowest BCUT2D eigenvalue weighted by Crippen LogP contribution is -2.49. The van der Waals surface area contributed by atoms with Gasteiger partial charge in [-0.3, -0.25) is 9.59 Å². The molecule has 1 aromatic carbocycles. The molecular formula is C18H26N2O6S. The highest BCUT2D eigenvalue weighted by Gasteiger charge is 2.32. The minimum atomic E-state index is -3.77. The van der Waals surface area contributed by atoms with Gasteiger partial charge in [0.25, 0.3) is 10.2 Å². The number of nitrogens with one attached hydrogen (secondary N) is 1. The van der Waals surface area contributed by atoms with Crippen molar-refractivity contribution < 1.29 is 27.9 Å². The average Bonchev–Trinajstić information content (AvgIpc) is 2.66. The van der Waals surface area contributed by atoms with E-state index >= 15 is 0 Å². The van der Waals surface area contributed by atoms with Gasteiger partial charge < -0.3 is 9.84 Å². The maximum absolute atomic E-state index is 12.7. The Hall–Kier alpha value is -1.97. The highest BCUT2D eigenvalue weighted by Crippen LogP contribution is 2.21. The lowest BCUT2D eigenvalue weighted by Gasteiger charge is -2.31. The van der Waals surface area contributed by atoms with Crippen molar-refractivity contribution in [2.45, 2.75) is 38.1 Å². The molecule has 8 nitrogen and oxygen atoms in total. The zero-order valence-corrected chi connectivity index (χ0v) is 16.2. The van der Waals surface area contributed by atoms with Crippen LogP contribution in [0.2, 0.25) is 0 Å². The van der Waals surface area contributed by atoms with E-state index in [0.717, 1.165) is 5.56 Å². The number of ether oxygens (including phenoxy) is 1. The van der Waals surface area contributed by atoms with E-state index < -0.39 is 22.2 Å². The molecule has 1 aromatic rings. The molecule has 150 valence electrons. The normalized spacial score (nSPS) is 17.4. The third-order valence-corrected chi connectivity index (χ3v) is 6.35. The fourth-order valence-corrected chi connectivity index (χ4v) is 4.65. The van der Waals surface area contributed by atoms with Crippen LogP contribution in [0.15, 0.2) is 30.3 Å². The Morgan fingerprint density at radius 3 is 2.44 bits per heavy atom. The molecule has 9 heteroatoms. The Labute approximate surface area is 159 Å². The van der Waals surface area contributed by atoms with Gasteiger partial charge in [0, 0.05) is 25.6 Å². The van der Waals surface area contributed by atoms with Crippen LogP contribution in [0.5, 0.6) is 0 Å². The monoisotopic (exact) mass is 398 g/mol. The van der Waals surface area contributed by atoms with E-state index in [2.05, 4.69) is 4.72 Å². The average molecular weight is 398 g/mol. The van der Waals surface area contributed by atoms with Crippen LogP contribution in [0.1, 0.15) is 31.2 Å². The van der Waals surface area contributed by atoms with Crippen LogP contribution in [-0.4, -0.2) is 56.0 Å². The highest BCUT2D eigenvalue weighted by atomic mass is 32.2. The van der Waals surface area contributed by atoms with Crippen LogP contribution >= 0.6 is 0 Å². The maximum atomic E-state index is 12.7. The van der Waals surface area contributed by atoms with E-state index in [1.54, 1.807) is 0 Å². The minimum Gasteiger partial charge on any atom is -0.481 e. The first-order chi connectivity index (χ1) is 12.8. The number of carboxylic acid groups (broad SMARTS) is 1. The van der Waals surface area contributed by atoms with Crippen molar-refractivity contribution in [3.05, 3.63) is 35.9 Å². The lowest BCUT2D eigenvalue weighted by atomic mass is 9.99. The predicted octanol–water partition coefficient (Wildman–Crippen LogP) is 1.18. The second-order valence-electron chi connectivity index (χ2n) is 6.64. The number of carbonyl (C=O) groups excluding carboxylic acids is 1. The molecule has 1 unspecified atom stereocenters. The summed E-state index contributed by atoms with van der Waals surface area (Å²) < 4.78 is 34.1. The Bertz CT molecular complexity index is 729. The molecule has 2 N–H and O–H groups in total. The summed E-state index contributed by atoms with van der Waals surface area (Å²) in [6.45, 7) is 0.457. The van der Waals surface area contributed by atoms with Crippen LogP contribution in [-0.2, 0) is 31.0 Å². The highest BCUT2D eigenvalue weighted by molar-refractivity contribution is 7.87. The summed E-state index contributed by atoms with van der Waals surface area (Å²) >= 11 is 0. The predicted molar refractivity (Wildman–Crippen MR) is 99.2 cm³/mol. The first-order valence-corrected chi connectivity index (χ1v) is 10.4. The Kier molecular flexibility index (Phi) is 7.76. The fraction of sp³-hybridized carbons (Fsp3) is 0.556. The zero-order valence-electron chi connectivity index (χ0n) is 15.3. The van der Waals surface area contributed by atoms with Crippen molar-refractivity contribution in [2.24, 2.45) is 5.92 Å². The number of methoxy groups -OCH3 is 1. The van der Waals surface area contributed by atoms with Crippen molar-refractivity contribution in [1.82, 2.24) is 9.03 Å². The van der Waals surface area contributed by atoms with E-state index in [1.807, 2.05) is 30.3 Å². The standard InChI is InChI=1S/C18H26N2O6S/c1-26-18(23)15-9-11-20(12-10-15)27(24,25)19-16(7-8-17(21)22)13-14-5-3-2-4-6-14/h2-6,15-16,19H,7-13H2,1H3,(H,21,22). The molecule has 1 fully saturated rings. The summed E-state index contributed by atoms with van der Waals surface area (Å²) in [5.74, 6) is -1.57. The van der Waals surface area contributed by atoms with Gasteiger partial charge in [-0.1, -0.05) is 30.3 Å². The number of carboxylic acids is 1. The summed E-state index contributed by atoms with van der Waals surface area (Å²) in [6.07, 6.45) is 1.30. The van der Waals surface area contributed by atoms with Crippen LogP contribution in [0.4, 0.5) is 0 Å². The number of rotatable bonds is 9. The SMILES string of the molecule is COC(=O)C1CCN(S(=O)(=O)NC(CCC(=O)O)Cc2ccccc2)CC1. The maximum Gasteiger partial charge on any atom is 0.308 e. The molecule has 1 atom stereocenters. The number of piperidine rings is 1. The molecule has 0 bridgehead atoms. The molecule has 0 saturated carbocycles. The number of hydrogen-bond donors (Lipinski definition) is 2. The van der Waals surface area contributed by atoms with E-state index in [-0.39, 0.29) is 37.8 Å². The molecule has 0 spiro atoms. The lowest BCUT2D eigenvalue weighted by molar-refractivity contribution is -0.146. The topological polar surface area (TPSA) is 113 Å². The van der Waals surface area contributed by atoms with Crippen LogP contribution in [0.3, 0.4) is 0 Å². The molecule has 1 aliphatic heterocycles. The summed E-state index contributed by atoms with van der Waals surface area (Å²) in [5, 5.41) is 8.95. The van der Waals surface area contributed by atoms with Gasteiger partial charge in [0.15, 0.2) is 0 Å². The first-order valence-electron chi connectivity index (χ1n) is 8.92. The van der Waals surface area contributed by atoms with Crippen LogP contribution < -0.4 is 4.72 Å². The van der Waals surface area contributed by atoms with Gasteiger partial charge in [0.2, 0.25) is 0 Å². The summed E-state index contributed by atoms with van der Waals surface area (Å²) in [4.78, 5) is 22.5. The van der Waals surface area contributed by atoms with E-state index in [9.17, 15) is 18.0 Å². The summed E-state index contributed by atoms with van der Waals surface area (Å²) in [6, 6.07) is 8.82. The number of nitrogens with zero attached hydrogens (tertiary/aromatic N) is 1. The van der Waals surface area contributed by atoms with Crippen molar-refractivity contribution in [2.75, 3.05) is 20.2 Å². The summed E-state index contributed by atoms with van der Waals surface area (Å²) in [7, 11) is -2.45.